The first-order chi connectivity index (χ1) is 14.0. The van der Waals surface area contributed by atoms with E-state index in [-0.39, 0.29) is 11.2 Å². The lowest BCUT2D eigenvalue weighted by molar-refractivity contribution is -0.111. The number of thiazole rings is 1. The van der Waals surface area contributed by atoms with Gasteiger partial charge in [0.1, 0.15) is 0 Å². The monoisotopic (exact) mass is 428 g/mol. The Balaban J connectivity index is 1.61. The van der Waals surface area contributed by atoms with Crippen LogP contribution in [0.5, 0.6) is 0 Å². The predicted molar refractivity (Wildman–Crippen MR) is 117 cm³/mol. The van der Waals surface area contributed by atoms with Crippen LogP contribution in [0.15, 0.2) is 47.2 Å². The molecule has 0 atom stereocenters. The van der Waals surface area contributed by atoms with Gasteiger partial charge in [0.2, 0.25) is 0 Å². The van der Waals surface area contributed by atoms with Crippen LogP contribution in [-0.2, 0) is 14.6 Å². The normalized spacial score (nSPS) is 18.0. The molecule has 0 saturated heterocycles. The highest BCUT2D eigenvalue weighted by atomic mass is 32.2. The third kappa shape index (κ3) is 4.51. The number of hydrogen-bond acceptors (Lipinski definition) is 5. The van der Waals surface area contributed by atoms with E-state index in [0.717, 1.165) is 36.9 Å². The Kier molecular flexibility index (Phi) is 5.69. The lowest BCUT2D eigenvalue weighted by Gasteiger charge is -2.12. The van der Waals surface area contributed by atoms with E-state index in [2.05, 4.69) is 16.9 Å². The van der Waals surface area contributed by atoms with Gasteiger partial charge in [-0.25, -0.2) is 13.4 Å². The number of rotatable bonds is 7. The molecule has 2 aliphatic rings. The van der Waals surface area contributed by atoms with Crippen molar-refractivity contribution in [1.82, 2.24) is 4.98 Å². The van der Waals surface area contributed by atoms with Crippen LogP contribution >= 0.6 is 11.3 Å². The Morgan fingerprint density at radius 1 is 1.14 bits per heavy atom. The Morgan fingerprint density at radius 2 is 1.83 bits per heavy atom. The molecule has 2 aromatic rings. The number of nitrogens with zero attached hydrogens (tertiary/aromatic N) is 1. The van der Waals surface area contributed by atoms with Crippen LogP contribution in [0.3, 0.4) is 0 Å². The average Bonchev–Trinajstić information content (AvgIpc) is 3.29. The first kappa shape index (κ1) is 20.0. The van der Waals surface area contributed by atoms with Gasteiger partial charge in [-0.05, 0) is 55.4 Å². The summed E-state index contributed by atoms with van der Waals surface area (Å²) in [5, 5.41) is 4.99. The van der Waals surface area contributed by atoms with Crippen LogP contribution in [0.2, 0.25) is 0 Å². The molecule has 2 aliphatic carbocycles. The largest absolute Gasteiger partial charge is 0.298 e. The number of carbonyl (C=O) groups is 1. The van der Waals surface area contributed by atoms with Gasteiger partial charge >= 0.3 is 0 Å². The minimum Gasteiger partial charge on any atom is -0.298 e. The lowest BCUT2D eigenvalue weighted by Crippen LogP contribution is -2.15. The number of carbonyl (C=O) groups excluding carboxylic acids is 1. The summed E-state index contributed by atoms with van der Waals surface area (Å²) in [4.78, 5) is 17.7. The number of anilines is 1. The Labute approximate surface area is 175 Å². The van der Waals surface area contributed by atoms with Crippen molar-refractivity contribution in [2.75, 3.05) is 5.32 Å². The van der Waals surface area contributed by atoms with Crippen molar-refractivity contribution < 1.29 is 13.2 Å². The summed E-state index contributed by atoms with van der Waals surface area (Å²) < 4.78 is 24.9. The number of benzene rings is 1. The summed E-state index contributed by atoms with van der Waals surface area (Å²) in [7, 11) is -3.24. The van der Waals surface area contributed by atoms with Gasteiger partial charge in [-0.15, -0.1) is 11.3 Å². The molecule has 2 fully saturated rings. The maximum Gasteiger partial charge on any atom is 0.257 e. The molecule has 0 unspecified atom stereocenters. The molecule has 0 bridgehead atoms. The number of aromatic nitrogens is 1. The molecule has 0 radical (unpaired) electrons. The molecule has 1 amide bonds. The van der Waals surface area contributed by atoms with Crippen molar-refractivity contribution in [2.24, 2.45) is 5.92 Å². The molecule has 0 spiro atoms. The third-order valence-corrected chi connectivity index (χ3v) is 8.51. The van der Waals surface area contributed by atoms with E-state index in [1.807, 2.05) is 11.5 Å². The van der Waals surface area contributed by atoms with Crippen molar-refractivity contribution in [1.29, 1.82) is 0 Å². The summed E-state index contributed by atoms with van der Waals surface area (Å²) in [6.45, 7) is 3.69. The zero-order valence-corrected chi connectivity index (χ0v) is 17.8. The van der Waals surface area contributed by atoms with Gasteiger partial charge in [0.05, 0.1) is 15.8 Å². The lowest BCUT2D eigenvalue weighted by atomic mass is 9.98. The number of sulfone groups is 1. The molecule has 5 nitrogen and oxygen atoms in total. The topological polar surface area (TPSA) is 76.1 Å². The Hall–Kier alpha value is -2.25. The van der Waals surface area contributed by atoms with E-state index in [4.69, 9.17) is 0 Å². The molecule has 2 saturated carbocycles. The number of nitrogens with one attached hydrogen (secondary N) is 1. The van der Waals surface area contributed by atoms with Crippen molar-refractivity contribution >= 4 is 43.9 Å². The summed E-state index contributed by atoms with van der Waals surface area (Å²) in [6, 6.07) is 6.73. The first-order valence-electron chi connectivity index (χ1n) is 9.93. The molecule has 1 aromatic heterocycles. The minimum atomic E-state index is -3.24. The Bertz CT molecular complexity index is 1040. The van der Waals surface area contributed by atoms with Crippen LogP contribution in [0.1, 0.15) is 49.8 Å². The smallest absolute Gasteiger partial charge is 0.257 e. The van der Waals surface area contributed by atoms with Crippen LogP contribution in [-0.4, -0.2) is 24.6 Å². The SMILES string of the molecule is C=Cc1csc(NC(=O)C(=CC2CCCC2)c2ccc(S(=O)(=O)C3CC3)cc2)n1. The maximum absolute atomic E-state index is 13.0. The summed E-state index contributed by atoms with van der Waals surface area (Å²) >= 11 is 1.35. The van der Waals surface area contributed by atoms with E-state index < -0.39 is 9.84 Å². The van der Waals surface area contributed by atoms with E-state index in [1.54, 1.807) is 30.3 Å². The molecule has 152 valence electrons. The number of hydrogen-bond donors (Lipinski definition) is 1. The van der Waals surface area contributed by atoms with Crippen LogP contribution in [0.4, 0.5) is 5.13 Å². The third-order valence-electron chi connectivity index (χ3n) is 5.46. The van der Waals surface area contributed by atoms with Crippen molar-refractivity contribution in [2.45, 2.75) is 48.7 Å². The molecule has 1 aromatic carbocycles. The fourth-order valence-corrected chi connectivity index (χ4v) is 6.01. The Morgan fingerprint density at radius 3 is 2.41 bits per heavy atom. The number of allylic oxidation sites excluding steroid dienone is 1. The standard InChI is InChI=1S/C22H24N2O3S2/c1-2-17-14-28-22(23-17)24-21(25)20(13-15-5-3-4-6-15)16-7-9-18(10-8-16)29(26,27)19-11-12-19/h2,7-10,13-15,19H,1,3-6,11-12H2,(H,23,24,25). The molecule has 7 heteroatoms. The summed E-state index contributed by atoms with van der Waals surface area (Å²) in [5.41, 5.74) is 2.02. The minimum absolute atomic E-state index is 0.223. The molecular weight excluding hydrogens is 404 g/mol. The van der Waals surface area contributed by atoms with Gasteiger partial charge in [-0.3, -0.25) is 10.1 Å². The van der Waals surface area contributed by atoms with Gasteiger partial charge in [-0.2, -0.15) is 0 Å². The van der Waals surface area contributed by atoms with Gasteiger partial charge in [0, 0.05) is 11.0 Å². The maximum atomic E-state index is 13.0. The quantitative estimate of drug-likeness (QED) is 0.634. The van der Waals surface area contributed by atoms with E-state index in [9.17, 15) is 13.2 Å². The average molecular weight is 429 g/mol. The second kappa shape index (κ2) is 8.24. The highest BCUT2D eigenvalue weighted by Gasteiger charge is 2.36. The zero-order chi connectivity index (χ0) is 20.4. The molecule has 4 rings (SSSR count). The number of amides is 1. The highest BCUT2D eigenvalue weighted by Crippen LogP contribution is 2.34. The fourth-order valence-electron chi connectivity index (χ4n) is 3.66. The molecule has 29 heavy (non-hydrogen) atoms. The molecule has 1 heterocycles. The second-order valence-corrected chi connectivity index (χ2v) is 10.7. The van der Waals surface area contributed by atoms with Crippen LogP contribution < -0.4 is 5.32 Å². The molecular formula is C22H24N2O3S2. The fraction of sp³-hybridized carbons (Fsp3) is 0.364. The predicted octanol–water partition coefficient (Wildman–Crippen LogP) is 4.93. The van der Waals surface area contributed by atoms with E-state index in [1.165, 1.54) is 24.2 Å². The zero-order valence-electron chi connectivity index (χ0n) is 16.1. The van der Waals surface area contributed by atoms with Crippen molar-refractivity contribution in [3.8, 4) is 0 Å². The van der Waals surface area contributed by atoms with Gasteiger partial charge in [-0.1, -0.05) is 37.6 Å². The van der Waals surface area contributed by atoms with Crippen molar-refractivity contribution in [3.05, 3.63) is 53.6 Å². The highest BCUT2D eigenvalue weighted by molar-refractivity contribution is 7.92. The van der Waals surface area contributed by atoms with E-state index >= 15 is 0 Å². The molecule has 0 aliphatic heterocycles. The van der Waals surface area contributed by atoms with Crippen LogP contribution in [0, 0.1) is 5.92 Å². The van der Waals surface area contributed by atoms with Crippen molar-refractivity contribution in [3.63, 3.8) is 0 Å². The van der Waals surface area contributed by atoms with Gasteiger partial charge < -0.3 is 0 Å². The summed E-state index contributed by atoms with van der Waals surface area (Å²) in [5.74, 6) is 0.144. The summed E-state index contributed by atoms with van der Waals surface area (Å²) in [6.07, 6.45) is 9.63. The van der Waals surface area contributed by atoms with Gasteiger partial charge in [0.15, 0.2) is 15.0 Å². The molecule has 1 N–H and O–H groups in total. The van der Waals surface area contributed by atoms with Gasteiger partial charge in [0.25, 0.3) is 5.91 Å². The van der Waals surface area contributed by atoms with Crippen LogP contribution in [0.25, 0.3) is 11.6 Å². The first-order valence-corrected chi connectivity index (χ1v) is 12.4. The second-order valence-electron chi connectivity index (χ2n) is 7.63. The van der Waals surface area contributed by atoms with E-state index in [0.29, 0.717) is 21.5 Å².